The van der Waals surface area contributed by atoms with E-state index in [0.29, 0.717) is 5.75 Å². The van der Waals surface area contributed by atoms with E-state index in [4.69, 9.17) is 9.57 Å². The number of phenolic OH excluding ortho intramolecular Hbond substituents is 1. The molecule has 1 atom stereocenters. The third kappa shape index (κ3) is 2.35. The average molecular weight is 235 g/mol. The summed E-state index contributed by atoms with van der Waals surface area (Å²) in [6.45, 7) is 2.11. The van der Waals surface area contributed by atoms with Crippen LogP contribution < -0.4 is 4.74 Å². The molecular formula is C13H17NO3. The minimum Gasteiger partial charge on any atom is -0.504 e. The molecule has 0 spiro atoms. The predicted octanol–water partition coefficient (Wildman–Crippen LogP) is 3.02. The van der Waals surface area contributed by atoms with E-state index in [9.17, 15) is 5.11 Å². The van der Waals surface area contributed by atoms with Crippen molar-refractivity contribution < 1.29 is 14.7 Å². The molecule has 0 aromatic heterocycles. The lowest BCUT2D eigenvalue weighted by molar-refractivity contribution is 0.0834. The van der Waals surface area contributed by atoms with Crippen LogP contribution in [0.4, 0.5) is 0 Å². The minimum absolute atomic E-state index is 0.146. The molecule has 1 aliphatic rings. The maximum absolute atomic E-state index is 10.0. The highest BCUT2D eigenvalue weighted by atomic mass is 16.6. The Bertz CT molecular complexity index is 429. The molecule has 1 aliphatic heterocycles. The number of nitrogens with zero attached hydrogens (tertiary/aromatic N) is 1. The van der Waals surface area contributed by atoms with Gasteiger partial charge in [-0.3, -0.25) is 0 Å². The van der Waals surface area contributed by atoms with Crippen LogP contribution >= 0.6 is 0 Å². The predicted molar refractivity (Wildman–Crippen MR) is 65.4 cm³/mol. The monoisotopic (exact) mass is 235 g/mol. The van der Waals surface area contributed by atoms with E-state index in [2.05, 4.69) is 12.1 Å². The Morgan fingerprint density at radius 2 is 2.35 bits per heavy atom. The molecule has 92 valence electrons. The van der Waals surface area contributed by atoms with Crippen LogP contribution in [0.3, 0.4) is 0 Å². The molecule has 0 radical (unpaired) electrons. The van der Waals surface area contributed by atoms with Crippen LogP contribution in [-0.2, 0) is 4.84 Å². The molecule has 0 bridgehead atoms. The van der Waals surface area contributed by atoms with Crippen molar-refractivity contribution in [2.45, 2.75) is 32.3 Å². The topological polar surface area (TPSA) is 51.0 Å². The SMILES string of the molecule is CCCC1=NO[C@H](c2cccc(OC)c2O)C1. The zero-order chi connectivity index (χ0) is 12.3. The molecule has 1 aromatic rings. The first-order chi connectivity index (χ1) is 8.26. The molecule has 4 nitrogen and oxygen atoms in total. The fraction of sp³-hybridized carbons (Fsp3) is 0.462. The number of benzene rings is 1. The maximum atomic E-state index is 10.0. The molecule has 0 saturated carbocycles. The third-order valence-corrected chi connectivity index (χ3v) is 2.87. The molecule has 17 heavy (non-hydrogen) atoms. The number of para-hydroxylation sites is 1. The molecule has 1 heterocycles. The summed E-state index contributed by atoms with van der Waals surface area (Å²) in [5.41, 5.74) is 1.79. The van der Waals surface area contributed by atoms with Crippen LogP contribution in [0.15, 0.2) is 23.4 Å². The van der Waals surface area contributed by atoms with Gasteiger partial charge in [0.25, 0.3) is 0 Å². The largest absolute Gasteiger partial charge is 0.504 e. The van der Waals surface area contributed by atoms with Crippen LogP contribution in [0.5, 0.6) is 11.5 Å². The van der Waals surface area contributed by atoms with E-state index >= 15 is 0 Å². The van der Waals surface area contributed by atoms with Crippen molar-refractivity contribution >= 4 is 5.71 Å². The summed E-state index contributed by atoms with van der Waals surface area (Å²) in [6, 6.07) is 5.41. The first-order valence-electron chi connectivity index (χ1n) is 5.83. The van der Waals surface area contributed by atoms with Gasteiger partial charge in [-0.1, -0.05) is 30.6 Å². The Hall–Kier alpha value is -1.71. The van der Waals surface area contributed by atoms with Crippen molar-refractivity contribution in [3.05, 3.63) is 23.8 Å². The van der Waals surface area contributed by atoms with Gasteiger partial charge in [0.1, 0.15) is 0 Å². The number of aromatic hydroxyl groups is 1. The summed E-state index contributed by atoms with van der Waals surface area (Å²) in [5.74, 6) is 0.614. The Balaban J connectivity index is 2.15. The average Bonchev–Trinajstić information content (AvgIpc) is 2.78. The molecule has 0 saturated heterocycles. The highest BCUT2D eigenvalue weighted by molar-refractivity contribution is 5.85. The Morgan fingerprint density at radius 1 is 1.53 bits per heavy atom. The van der Waals surface area contributed by atoms with Crippen molar-refractivity contribution in [3.63, 3.8) is 0 Å². The van der Waals surface area contributed by atoms with Crippen molar-refractivity contribution in [1.29, 1.82) is 0 Å². The van der Waals surface area contributed by atoms with Crippen LogP contribution in [0.25, 0.3) is 0 Å². The van der Waals surface area contributed by atoms with E-state index in [-0.39, 0.29) is 11.9 Å². The molecule has 0 unspecified atom stereocenters. The van der Waals surface area contributed by atoms with Gasteiger partial charge in [0.15, 0.2) is 17.6 Å². The summed E-state index contributed by atoms with van der Waals surface area (Å²) in [6.07, 6.45) is 2.56. The Morgan fingerprint density at radius 3 is 3.06 bits per heavy atom. The summed E-state index contributed by atoms with van der Waals surface area (Å²) < 4.78 is 5.08. The number of ether oxygens (including phenoxy) is 1. The maximum Gasteiger partial charge on any atom is 0.164 e. The van der Waals surface area contributed by atoms with Crippen LogP contribution in [0, 0.1) is 0 Å². The summed E-state index contributed by atoms with van der Waals surface area (Å²) in [4.78, 5) is 5.36. The summed E-state index contributed by atoms with van der Waals surface area (Å²) >= 11 is 0. The molecule has 1 N–H and O–H groups in total. The second-order valence-corrected chi connectivity index (χ2v) is 4.10. The van der Waals surface area contributed by atoms with Gasteiger partial charge in [-0.25, -0.2) is 0 Å². The number of methoxy groups -OCH3 is 1. The Kier molecular flexibility index (Phi) is 3.52. The lowest BCUT2D eigenvalue weighted by Gasteiger charge is -2.12. The normalized spacial score (nSPS) is 18.7. The number of hydrogen-bond donors (Lipinski definition) is 1. The van der Waals surface area contributed by atoms with Gasteiger partial charge in [0.2, 0.25) is 0 Å². The minimum atomic E-state index is -0.188. The summed E-state index contributed by atoms with van der Waals surface area (Å²) in [5, 5.41) is 14.1. The van der Waals surface area contributed by atoms with Crippen molar-refractivity contribution in [2.75, 3.05) is 7.11 Å². The molecule has 4 heteroatoms. The second kappa shape index (κ2) is 5.08. The first kappa shape index (κ1) is 11.8. The van der Waals surface area contributed by atoms with Crippen LogP contribution in [0.1, 0.15) is 37.9 Å². The van der Waals surface area contributed by atoms with Crippen LogP contribution in [0.2, 0.25) is 0 Å². The molecule has 0 amide bonds. The molecular weight excluding hydrogens is 218 g/mol. The van der Waals surface area contributed by atoms with E-state index in [0.717, 1.165) is 30.5 Å². The highest BCUT2D eigenvalue weighted by Crippen LogP contribution is 2.38. The van der Waals surface area contributed by atoms with Crippen molar-refractivity contribution in [2.24, 2.45) is 5.16 Å². The van der Waals surface area contributed by atoms with Gasteiger partial charge in [-0.15, -0.1) is 0 Å². The lowest BCUT2D eigenvalue weighted by atomic mass is 10.0. The number of rotatable bonds is 4. The van der Waals surface area contributed by atoms with Gasteiger partial charge in [-0.05, 0) is 12.5 Å². The van der Waals surface area contributed by atoms with Gasteiger partial charge in [0, 0.05) is 12.0 Å². The fourth-order valence-corrected chi connectivity index (χ4v) is 1.99. The van der Waals surface area contributed by atoms with Crippen molar-refractivity contribution in [1.82, 2.24) is 0 Å². The molecule has 1 aromatic carbocycles. The molecule has 2 rings (SSSR count). The number of phenols is 1. The standard InChI is InChI=1S/C13H17NO3/c1-3-5-9-8-12(17-14-9)10-6-4-7-11(16-2)13(10)15/h4,6-7,12,15H,3,5,8H2,1-2H3/t12-/m0/s1. The first-order valence-corrected chi connectivity index (χ1v) is 5.83. The number of hydrogen-bond acceptors (Lipinski definition) is 4. The van der Waals surface area contributed by atoms with Gasteiger partial charge >= 0.3 is 0 Å². The van der Waals surface area contributed by atoms with E-state index in [1.54, 1.807) is 6.07 Å². The van der Waals surface area contributed by atoms with E-state index < -0.39 is 0 Å². The smallest absolute Gasteiger partial charge is 0.164 e. The van der Waals surface area contributed by atoms with Gasteiger partial charge in [-0.2, -0.15) is 0 Å². The Labute approximate surface area is 101 Å². The zero-order valence-electron chi connectivity index (χ0n) is 10.1. The quantitative estimate of drug-likeness (QED) is 0.872. The fourth-order valence-electron chi connectivity index (χ4n) is 1.99. The molecule has 0 fully saturated rings. The van der Waals surface area contributed by atoms with Gasteiger partial charge in [0.05, 0.1) is 12.8 Å². The summed E-state index contributed by atoms with van der Waals surface area (Å²) in [7, 11) is 1.54. The second-order valence-electron chi connectivity index (χ2n) is 4.10. The van der Waals surface area contributed by atoms with E-state index in [1.165, 1.54) is 7.11 Å². The van der Waals surface area contributed by atoms with Gasteiger partial charge < -0.3 is 14.7 Å². The van der Waals surface area contributed by atoms with Crippen molar-refractivity contribution in [3.8, 4) is 11.5 Å². The van der Waals surface area contributed by atoms with Crippen LogP contribution in [-0.4, -0.2) is 17.9 Å². The lowest BCUT2D eigenvalue weighted by Crippen LogP contribution is -2.01. The number of oxime groups is 1. The zero-order valence-corrected chi connectivity index (χ0v) is 10.1. The molecule has 0 aliphatic carbocycles. The third-order valence-electron chi connectivity index (χ3n) is 2.87. The highest BCUT2D eigenvalue weighted by Gasteiger charge is 2.25. The van der Waals surface area contributed by atoms with E-state index in [1.807, 2.05) is 12.1 Å².